The first-order valence-electron chi connectivity index (χ1n) is 5.48. The highest BCUT2D eigenvalue weighted by molar-refractivity contribution is 4.55. The van der Waals surface area contributed by atoms with Gasteiger partial charge in [-0.05, 0) is 52.1 Å². The summed E-state index contributed by atoms with van der Waals surface area (Å²) >= 11 is 0. The van der Waals surface area contributed by atoms with E-state index in [0.29, 0.717) is 0 Å². The van der Waals surface area contributed by atoms with Crippen molar-refractivity contribution in [2.45, 2.75) is 26.7 Å². The molecule has 0 saturated heterocycles. The minimum atomic E-state index is 0.795. The fourth-order valence-electron chi connectivity index (χ4n) is 1.32. The van der Waals surface area contributed by atoms with Gasteiger partial charge in [-0.3, -0.25) is 0 Å². The molecule has 0 fully saturated rings. The summed E-state index contributed by atoms with van der Waals surface area (Å²) in [7, 11) is 0. The molecule has 80 valence electrons. The number of nitrogens with zero attached hydrogens (tertiary/aromatic N) is 1. The van der Waals surface area contributed by atoms with Crippen molar-refractivity contribution in [3.8, 4) is 0 Å². The van der Waals surface area contributed by atoms with E-state index in [2.05, 4.69) is 24.1 Å². The van der Waals surface area contributed by atoms with Crippen LogP contribution in [0.5, 0.6) is 0 Å². The van der Waals surface area contributed by atoms with E-state index >= 15 is 0 Å². The van der Waals surface area contributed by atoms with Gasteiger partial charge in [-0.1, -0.05) is 13.8 Å². The molecule has 0 aromatic carbocycles. The van der Waals surface area contributed by atoms with Crippen LogP contribution in [0.4, 0.5) is 0 Å². The molecule has 0 radical (unpaired) electrons. The summed E-state index contributed by atoms with van der Waals surface area (Å²) in [5.74, 6) is 0. The zero-order chi connectivity index (χ0) is 9.94. The maximum absolute atomic E-state index is 5.39. The van der Waals surface area contributed by atoms with Crippen LogP contribution in [0.2, 0.25) is 0 Å². The third-order valence-electron chi connectivity index (χ3n) is 2.28. The van der Waals surface area contributed by atoms with Gasteiger partial charge in [0.1, 0.15) is 0 Å². The van der Waals surface area contributed by atoms with Gasteiger partial charge in [0.25, 0.3) is 0 Å². The van der Waals surface area contributed by atoms with Crippen molar-refractivity contribution in [3.05, 3.63) is 0 Å². The third-order valence-corrected chi connectivity index (χ3v) is 2.28. The maximum atomic E-state index is 5.39. The molecule has 3 nitrogen and oxygen atoms in total. The Morgan fingerprint density at radius 1 is 1.08 bits per heavy atom. The molecule has 0 aromatic heterocycles. The van der Waals surface area contributed by atoms with Gasteiger partial charge < -0.3 is 16.0 Å². The third kappa shape index (κ3) is 8.22. The predicted octanol–water partition coefficient (Wildman–Crippen LogP) is 0.657. The van der Waals surface area contributed by atoms with Crippen LogP contribution in [0.15, 0.2) is 0 Å². The quantitative estimate of drug-likeness (QED) is 0.521. The summed E-state index contributed by atoms with van der Waals surface area (Å²) in [6.45, 7) is 11.0. The van der Waals surface area contributed by atoms with Gasteiger partial charge in [0.15, 0.2) is 0 Å². The van der Waals surface area contributed by atoms with Crippen molar-refractivity contribution >= 4 is 0 Å². The lowest BCUT2D eigenvalue weighted by Crippen LogP contribution is -2.27. The SMILES string of the molecule is CCN(CC)CCCNCCCN. The highest BCUT2D eigenvalue weighted by atomic mass is 15.1. The lowest BCUT2D eigenvalue weighted by Gasteiger charge is -2.17. The van der Waals surface area contributed by atoms with E-state index in [9.17, 15) is 0 Å². The van der Waals surface area contributed by atoms with Crippen LogP contribution in [0.1, 0.15) is 26.7 Å². The van der Waals surface area contributed by atoms with E-state index in [1.165, 1.54) is 26.1 Å². The molecule has 13 heavy (non-hydrogen) atoms. The molecule has 0 aliphatic rings. The monoisotopic (exact) mass is 187 g/mol. The Morgan fingerprint density at radius 2 is 1.69 bits per heavy atom. The second kappa shape index (κ2) is 9.96. The number of hydrogen-bond acceptors (Lipinski definition) is 3. The highest BCUT2D eigenvalue weighted by Crippen LogP contribution is 1.88. The maximum Gasteiger partial charge on any atom is -0.000687 e. The van der Waals surface area contributed by atoms with Crippen LogP contribution in [0, 0.1) is 0 Å². The van der Waals surface area contributed by atoms with Crippen LogP contribution >= 0.6 is 0 Å². The topological polar surface area (TPSA) is 41.3 Å². The normalized spacial score (nSPS) is 11.1. The van der Waals surface area contributed by atoms with E-state index in [4.69, 9.17) is 5.73 Å². The van der Waals surface area contributed by atoms with E-state index in [-0.39, 0.29) is 0 Å². The average molecular weight is 187 g/mol. The van der Waals surface area contributed by atoms with Crippen LogP contribution in [0.25, 0.3) is 0 Å². The minimum absolute atomic E-state index is 0.795. The smallest absolute Gasteiger partial charge is 0.000687 e. The van der Waals surface area contributed by atoms with Gasteiger partial charge in [0, 0.05) is 0 Å². The summed E-state index contributed by atoms with van der Waals surface area (Å²) in [6, 6.07) is 0. The highest BCUT2D eigenvalue weighted by Gasteiger charge is 1.96. The van der Waals surface area contributed by atoms with Crippen molar-refractivity contribution in [1.82, 2.24) is 10.2 Å². The molecule has 0 unspecified atom stereocenters. The molecule has 0 aliphatic heterocycles. The summed E-state index contributed by atoms with van der Waals surface area (Å²) < 4.78 is 0. The molecule has 0 bridgehead atoms. The van der Waals surface area contributed by atoms with Crippen LogP contribution < -0.4 is 11.1 Å². The van der Waals surface area contributed by atoms with Gasteiger partial charge in [-0.2, -0.15) is 0 Å². The molecule has 3 N–H and O–H groups in total. The number of nitrogens with two attached hydrogens (primary N) is 1. The molecular formula is C10H25N3. The zero-order valence-corrected chi connectivity index (χ0v) is 9.18. The Kier molecular flexibility index (Phi) is 9.87. The van der Waals surface area contributed by atoms with Gasteiger partial charge in [-0.15, -0.1) is 0 Å². The van der Waals surface area contributed by atoms with E-state index in [1.54, 1.807) is 0 Å². The van der Waals surface area contributed by atoms with Crippen LogP contribution in [-0.4, -0.2) is 44.2 Å². The molecule has 0 aliphatic carbocycles. The Bertz CT molecular complexity index is 92.2. The Labute approximate surface area is 82.7 Å². The number of nitrogens with one attached hydrogen (secondary N) is 1. The van der Waals surface area contributed by atoms with Crippen molar-refractivity contribution < 1.29 is 0 Å². The molecule has 0 rings (SSSR count). The first kappa shape index (κ1) is 12.9. The largest absolute Gasteiger partial charge is 0.330 e. The van der Waals surface area contributed by atoms with Crippen molar-refractivity contribution in [3.63, 3.8) is 0 Å². The standard InChI is InChI=1S/C10H25N3/c1-3-13(4-2)10-6-9-12-8-5-7-11/h12H,3-11H2,1-2H3. The van der Waals surface area contributed by atoms with Crippen molar-refractivity contribution in [2.75, 3.05) is 39.3 Å². The Morgan fingerprint density at radius 3 is 2.23 bits per heavy atom. The molecule has 3 heteroatoms. The van der Waals surface area contributed by atoms with Gasteiger partial charge in [0.2, 0.25) is 0 Å². The molecule has 0 amide bonds. The zero-order valence-electron chi connectivity index (χ0n) is 9.18. The van der Waals surface area contributed by atoms with Gasteiger partial charge >= 0.3 is 0 Å². The van der Waals surface area contributed by atoms with Gasteiger partial charge in [-0.25, -0.2) is 0 Å². The van der Waals surface area contributed by atoms with Crippen LogP contribution in [0.3, 0.4) is 0 Å². The Balaban J connectivity index is 3.05. The molecule has 0 heterocycles. The van der Waals surface area contributed by atoms with Crippen LogP contribution in [-0.2, 0) is 0 Å². The summed E-state index contributed by atoms with van der Waals surface area (Å²) in [5.41, 5.74) is 5.39. The minimum Gasteiger partial charge on any atom is -0.330 e. The Hall–Kier alpha value is -0.120. The first-order chi connectivity index (χ1) is 6.35. The summed E-state index contributed by atoms with van der Waals surface area (Å²) in [5, 5.41) is 3.38. The summed E-state index contributed by atoms with van der Waals surface area (Å²) in [4.78, 5) is 2.45. The second-order valence-corrected chi connectivity index (χ2v) is 3.27. The van der Waals surface area contributed by atoms with Gasteiger partial charge in [0.05, 0.1) is 0 Å². The second-order valence-electron chi connectivity index (χ2n) is 3.27. The van der Waals surface area contributed by atoms with E-state index < -0.39 is 0 Å². The van der Waals surface area contributed by atoms with E-state index in [1.807, 2.05) is 0 Å². The lowest BCUT2D eigenvalue weighted by atomic mass is 10.3. The number of rotatable bonds is 9. The molecular weight excluding hydrogens is 162 g/mol. The van der Waals surface area contributed by atoms with E-state index in [0.717, 1.165) is 26.1 Å². The fourth-order valence-corrected chi connectivity index (χ4v) is 1.32. The molecule has 0 saturated carbocycles. The average Bonchev–Trinajstić information content (AvgIpc) is 2.17. The first-order valence-corrected chi connectivity index (χ1v) is 5.48. The fraction of sp³-hybridized carbons (Fsp3) is 1.00. The predicted molar refractivity (Wildman–Crippen MR) is 58.9 cm³/mol. The lowest BCUT2D eigenvalue weighted by molar-refractivity contribution is 0.298. The summed E-state index contributed by atoms with van der Waals surface area (Å²) in [6.07, 6.45) is 2.33. The van der Waals surface area contributed by atoms with Crippen molar-refractivity contribution in [1.29, 1.82) is 0 Å². The number of hydrogen-bond donors (Lipinski definition) is 2. The van der Waals surface area contributed by atoms with Crippen molar-refractivity contribution in [2.24, 2.45) is 5.73 Å². The molecule has 0 spiro atoms. The molecule has 0 aromatic rings. The molecule has 0 atom stereocenters.